The predicted octanol–water partition coefficient (Wildman–Crippen LogP) is 3.68. The Bertz CT molecular complexity index is 762. The second kappa shape index (κ2) is 9.07. The van der Waals surface area contributed by atoms with Gasteiger partial charge in [-0.05, 0) is 42.7 Å². The minimum atomic E-state index is 0.770. The van der Waals surface area contributed by atoms with Crippen molar-refractivity contribution in [1.82, 2.24) is 19.8 Å². The van der Waals surface area contributed by atoms with Gasteiger partial charge in [-0.3, -0.25) is 4.99 Å². The Morgan fingerprint density at radius 2 is 2.15 bits per heavy atom. The van der Waals surface area contributed by atoms with Crippen LogP contribution in [0.3, 0.4) is 0 Å². The summed E-state index contributed by atoms with van der Waals surface area (Å²) in [7, 11) is 1.89. The molecule has 0 amide bonds. The largest absolute Gasteiger partial charge is 0.352 e. The molecule has 27 heavy (non-hydrogen) atoms. The minimum absolute atomic E-state index is 0.770. The third-order valence-corrected chi connectivity index (χ3v) is 5.32. The van der Waals surface area contributed by atoms with Gasteiger partial charge < -0.3 is 14.8 Å². The van der Waals surface area contributed by atoms with E-state index in [0.717, 1.165) is 49.8 Å². The molecule has 1 saturated heterocycles. The van der Waals surface area contributed by atoms with Gasteiger partial charge in [0.05, 0.1) is 0 Å². The molecule has 0 aliphatic carbocycles. The number of likely N-dealkylation sites (tertiary alicyclic amines) is 1. The fourth-order valence-electron chi connectivity index (χ4n) is 4.00. The van der Waals surface area contributed by atoms with Crippen LogP contribution in [-0.2, 0) is 13.1 Å². The topological polar surface area (TPSA) is 45.5 Å². The number of nitrogens with one attached hydrogen (secondary N) is 1. The van der Waals surface area contributed by atoms with E-state index in [-0.39, 0.29) is 0 Å². The summed E-state index contributed by atoms with van der Waals surface area (Å²) >= 11 is 0. The summed E-state index contributed by atoms with van der Waals surface area (Å²) in [5.74, 6) is 3.64. The molecule has 1 aromatic heterocycles. The molecule has 5 heteroatoms. The number of hydrogen-bond donors (Lipinski definition) is 1. The average molecular weight is 368 g/mol. The van der Waals surface area contributed by atoms with Crippen molar-refractivity contribution in [1.29, 1.82) is 0 Å². The summed E-state index contributed by atoms with van der Waals surface area (Å²) in [6.07, 6.45) is 6.47. The molecule has 5 nitrogen and oxygen atoms in total. The fourth-order valence-corrected chi connectivity index (χ4v) is 4.00. The SMILES string of the molecule is CN=C(NCc1cccc(Cn2ccnc2C)c1)N1CCC(CC(C)C)C1. The molecule has 0 radical (unpaired) electrons. The first-order valence-electron chi connectivity index (χ1n) is 10.1. The summed E-state index contributed by atoms with van der Waals surface area (Å²) in [6.45, 7) is 10.6. The van der Waals surface area contributed by atoms with E-state index >= 15 is 0 Å². The number of aryl methyl sites for hydroxylation is 1. The Morgan fingerprint density at radius 3 is 2.85 bits per heavy atom. The lowest BCUT2D eigenvalue weighted by Gasteiger charge is -2.22. The summed E-state index contributed by atoms with van der Waals surface area (Å²) in [6, 6.07) is 8.76. The van der Waals surface area contributed by atoms with Crippen molar-refractivity contribution in [2.24, 2.45) is 16.8 Å². The third kappa shape index (κ3) is 5.34. The van der Waals surface area contributed by atoms with Gasteiger partial charge in [0.1, 0.15) is 5.82 Å². The first kappa shape index (κ1) is 19.5. The highest BCUT2D eigenvalue weighted by Crippen LogP contribution is 2.23. The molecule has 1 fully saturated rings. The highest BCUT2D eigenvalue weighted by molar-refractivity contribution is 5.80. The van der Waals surface area contributed by atoms with Gasteiger partial charge in [0.15, 0.2) is 5.96 Å². The summed E-state index contributed by atoms with van der Waals surface area (Å²) in [5, 5.41) is 3.56. The van der Waals surface area contributed by atoms with E-state index in [9.17, 15) is 0 Å². The van der Waals surface area contributed by atoms with E-state index in [0.29, 0.717) is 0 Å². The van der Waals surface area contributed by atoms with E-state index in [1.54, 1.807) is 0 Å². The normalized spacial score (nSPS) is 17.7. The van der Waals surface area contributed by atoms with E-state index in [1.165, 1.54) is 24.0 Å². The van der Waals surface area contributed by atoms with Crippen LogP contribution in [0.15, 0.2) is 41.7 Å². The monoisotopic (exact) mass is 367 g/mol. The molecule has 1 aromatic carbocycles. The lowest BCUT2D eigenvalue weighted by atomic mass is 9.97. The van der Waals surface area contributed by atoms with Gasteiger partial charge in [0, 0.05) is 45.6 Å². The number of nitrogens with zero attached hydrogens (tertiary/aromatic N) is 4. The molecule has 0 spiro atoms. The number of guanidine groups is 1. The van der Waals surface area contributed by atoms with Crippen LogP contribution in [0.4, 0.5) is 0 Å². The maximum Gasteiger partial charge on any atom is 0.193 e. The van der Waals surface area contributed by atoms with E-state index in [2.05, 4.69) is 62.9 Å². The predicted molar refractivity (Wildman–Crippen MR) is 112 cm³/mol. The van der Waals surface area contributed by atoms with Gasteiger partial charge in [-0.25, -0.2) is 4.98 Å². The van der Waals surface area contributed by atoms with Crippen molar-refractivity contribution < 1.29 is 0 Å². The third-order valence-electron chi connectivity index (χ3n) is 5.32. The molecular formula is C22H33N5. The lowest BCUT2D eigenvalue weighted by Crippen LogP contribution is -2.39. The van der Waals surface area contributed by atoms with Crippen LogP contribution >= 0.6 is 0 Å². The molecule has 0 saturated carbocycles. The quantitative estimate of drug-likeness (QED) is 0.626. The number of imidazole rings is 1. The van der Waals surface area contributed by atoms with Crippen LogP contribution in [-0.4, -0.2) is 40.5 Å². The van der Waals surface area contributed by atoms with Crippen LogP contribution < -0.4 is 5.32 Å². The van der Waals surface area contributed by atoms with Crippen molar-refractivity contribution in [3.8, 4) is 0 Å². The van der Waals surface area contributed by atoms with Crippen molar-refractivity contribution in [3.05, 3.63) is 53.6 Å². The first-order valence-corrected chi connectivity index (χ1v) is 10.1. The molecular weight excluding hydrogens is 334 g/mol. The van der Waals surface area contributed by atoms with Crippen LogP contribution in [0.1, 0.15) is 43.6 Å². The molecule has 0 bridgehead atoms. The van der Waals surface area contributed by atoms with Gasteiger partial charge in [0.2, 0.25) is 0 Å². The van der Waals surface area contributed by atoms with Crippen LogP contribution in [0.2, 0.25) is 0 Å². The molecule has 2 heterocycles. The Hall–Kier alpha value is -2.30. The van der Waals surface area contributed by atoms with Crippen LogP contribution in [0, 0.1) is 18.8 Å². The zero-order chi connectivity index (χ0) is 19.2. The van der Waals surface area contributed by atoms with E-state index < -0.39 is 0 Å². The summed E-state index contributed by atoms with van der Waals surface area (Å²) in [5.41, 5.74) is 2.58. The van der Waals surface area contributed by atoms with Crippen molar-refractivity contribution in [3.63, 3.8) is 0 Å². The number of aromatic nitrogens is 2. The Morgan fingerprint density at radius 1 is 1.33 bits per heavy atom. The number of hydrogen-bond acceptors (Lipinski definition) is 2. The van der Waals surface area contributed by atoms with Crippen LogP contribution in [0.5, 0.6) is 0 Å². The van der Waals surface area contributed by atoms with Crippen molar-refractivity contribution in [2.45, 2.75) is 46.7 Å². The van der Waals surface area contributed by atoms with E-state index in [4.69, 9.17) is 0 Å². The maximum absolute atomic E-state index is 4.51. The Balaban J connectivity index is 1.56. The zero-order valence-corrected chi connectivity index (χ0v) is 17.2. The number of benzene rings is 1. The zero-order valence-electron chi connectivity index (χ0n) is 17.2. The number of aliphatic imine (C=N–C) groups is 1. The second-order valence-corrected chi connectivity index (χ2v) is 8.05. The highest BCUT2D eigenvalue weighted by atomic mass is 15.3. The van der Waals surface area contributed by atoms with Crippen molar-refractivity contribution in [2.75, 3.05) is 20.1 Å². The van der Waals surface area contributed by atoms with Gasteiger partial charge >= 0.3 is 0 Å². The smallest absolute Gasteiger partial charge is 0.193 e. The Kier molecular flexibility index (Phi) is 6.54. The molecule has 1 unspecified atom stereocenters. The number of rotatable bonds is 6. The second-order valence-electron chi connectivity index (χ2n) is 8.05. The molecule has 2 aromatic rings. The molecule has 1 atom stereocenters. The maximum atomic E-state index is 4.51. The average Bonchev–Trinajstić information content (AvgIpc) is 3.25. The molecule has 1 N–H and O–H groups in total. The Labute approximate surface area is 163 Å². The molecule has 1 aliphatic heterocycles. The standard InChI is InChI=1S/C22H33N5/c1-17(2)12-21-8-10-27(16-21)22(23-4)25-14-19-6-5-7-20(13-19)15-26-11-9-24-18(26)3/h5-7,9,11,13,17,21H,8,10,12,14-16H2,1-4H3,(H,23,25). The van der Waals surface area contributed by atoms with Crippen LogP contribution in [0.25, 0.3) is 0 Å². The van der Waals surface area contributed by atoms with Gasteiger partial charge in [-0.2, -0.15) is 0 Å². The van der Waals surface area contributed by atoms with E-state index in [1.807, 2.05) is 26.4 Å². The van der Waals surface area contributed by atoms with Gasteiger partial charge in [-0.15, -0.1) is 0 Å². The van der Waals surface area contributed by atoms with Crippen molar-refractivity contribution >= 4 is 5.96 Å². The highest BCUT2D eigenvalue weighted by Gasteiger charge is 2.25. The lowest BCUT2D eigenvalue weighted by molar-refractivity contribution is 0.403. The summed E-state index contributed by atoms with van der Waals surface area (Å²) < 4.78 is 2.17. The fraction of sp³-hybridized carbons (Fsp3) is 0.545. The molecule has 1 aliphatic rings. The summed E-state index contributed by atoms with van der Waals surface area (Å²) in [4.78, 5) is 11.2. The van der Waals surface area contributed by atoms with Gasteiger partial charge in [-0.1, -0.05) is 38.1 Å². The first-order chi connectivity index (χ1) is 13.0. The molecule has 146 valence electrons. The minimum Gasteiger partial charge on any atom is -0.352 e. The molecule has 3 rings (SSSR count). The van der Waals surface area contributed by atoms with Gasteiger partial charge in [0.25, 0.3) is 0 Å².